The molecule has 0 radical (unpaired) electrons. The molecule has 5 N–H and O–H groups in total. The molecule has 1 aliphatic rings. The summed E-state index contributed by atoms with van der Waals surface area (Å²) in [7, 11) is 0. The molecule has 1 saturated heterocycles. The van der Waals surface area contributed by atoms with Crippen LogP contribution in [0.25, 0.3) is 11.1 Å². The Kier molecular flexibility index (Phi) is 9.65. The average molecular weight is 427 g/mol. The highest BCUT2D eigenvalue weighted by atomic mass is 16.5. The normalized spacial score (nSPS) is 16.3. The standard InChI is InChI=1S/C23H30N4O3.CH4/c1-2-16-5-7-17(8-6-16)18-9-11-19(12-10-18)22(28)26-21(23(29)27-30)15-24-14-20-4-3-13-25-20;/h5-12,20-21,24-25,30H,2-4,13-15H2,1H3,(H,26,28)(H,27,29);1H4/t20-,21-;/m0./s1. The molecule has 0 spiro atoms. The number of nitrogens with one attached hydrogen (secondary N) is 4. The zero-order chi connectivity index (χ0) is 21.3. The van der Waals surface area contributed by atoms with Gasteiger partial charge in [0, 0.05) is 24.7 Å². The smallest absolute Gasteiger partial charge is 0.267 e. The van der Waals surface area contributed by atoms with Gasteiger partial charge >= 0.3 is 0 Å². The number of hydrogen-bond acceptors (Lipinski definition) is 5. The van der Waals surface area contributed by atoms with Crippen molar-refractivity contribution in [3.63, 3.8) is 0 Å². The van der Waals surface area contributed by atoms with Gasteiger partial charge in [-0.05, 0) is 54.6 Å². The number of hydrogen-bond donors (Lipinski definition) is 5. The van der Waals surface area contributed by atoms with Gasteiger partial charge in [-0.3, -0.25) is 14.8 Å². The number of amides is 2. The average Bonchev–Trinajstić information content (AvgIpc) is 3.31. The van der Waals surface area contributed by atoms with E-state index in [-0.39, 0.29) is 19.9 Å². The second-order valence-electron chi connectivity index (χ2n) is 7.58. The molecule has 0 aliphatic carbocycles. The number of carbonyl (C=O) groups is 2. The maximum atomic E-state index is 12.6. The van der Waals surface area contributed by atoms with Crippen LogP contribution < -0.4 is 21.4 Å². The van der Waals surface area contributed by atoms with E-state index in [4.69, 9.17) is 5.21 Å². The van der Waals surface area contributed by atoms with Crippen molar-refractivity contribution in [2.45, 2.75) is 45.7 Å². The fourth-order valence-electron chi connectivity index (χ4n) is 3.61. The molecule has 0 unspecified atom stereocenters. The molecule has 7 heteroatoms. The Balaban J connectivity index is 0.00000341. The van der Waals surface area contributed by atoms with Gasteiger partial charge in [-0.1, -0.05) is 50.7 Å². The van der Waals surface area contributed by atoms with E-state index in [0.29, 0.717) is 18.2 Å². The molecule has 168 valence electrons. The van der Waals surface area contributed by atoms with Crippen molar-refractivity contribution in [2.75, 3.05) is 19.6 Å². The first-order valence-electron chi connectivity index (χ1n) is 10.5. The lowest BCUT2D eigenvalue weighted by molar-refractivity contribution is -0.131. The molecule has 1 aliphatic heterocycles. The molecule has 1 fully saturated rings. The molecule has 2 amide bonds. The summed E-state index contributed by atoms with van der Waals surface area (Å²) in [5.41, 5.74) is 5.47. The van der Waals surface area contributed by atoms with Crippen LogP contribution in [0.5, 0.6) is 0 Å². The van der Waals surface area contributed by atoms with Gasteiger partial charge in [0.2, 0.25) is 0 Å². The quantitative estimate of drug-likeness (QED) is 0.313. The summed E-state index contributed by atoms with van der Waals surface area (Å²) >= 11 is 0. The monoisotopic (exact) mass is 426 g/mol. The predicted octanol–water partition coefficient (Wildman–Crippen LogP) is 2.50. The Labute approximate surface area is 184 Å². The summed E-state index contributed by atoms with van der Waals surface area (Å²) in [6.45, 7) is 4.06. The number of hydroxylamine groups is 1. The van der Waals surface area contributed by atoms with E-state index in [9.17, 15) is 9.59 Å². The lowest BCUT2D eigenvalue weighted by Crippen LogP contribution is -2.52. The van der Waals surface area contributed by atoms with Crippen molar-refractivity contribution in [1.29, 1.82) is 0 Å². The van der Waals surface area contributed by atoms with E-state index in [1.807, 2.05) is 12.1 Å². The molecular weight excluding hydrogens is 392 g/mol. The molecule has 2 aromatic carbocycles. The van der Waals surface area contributed by atoms with Crippen molar-refractivity contribution in [1.82, 2.24) is 21.4 Å². The van der Waals surface area contributed by atoms with Gasteiger partial charge < -0.3 is 16.0 Å². The van der Waals surface area contributed by atoms with Crippen LogP contribution in [0.1, 0.15) is 43.1 Å². The van der Waals surface area contributed by atoms with Crippen molar-refractivity contribution in [3.05, 3.63) is 59.7 Å². The third-order valence-corrected chi connectivity index (χ3v) is 5.48. The van der Waals surface area contributed by atoms with Crippen molar-refractivity contribution in [2.24, 2.45) is 0 Å². The molecule has 31 heavy (non-hydrogen) atoms. The lowest BCUT2D eigenvalue weighted by Gasteiger charge is -2.19. The first-order valence-corrected chi connectivity index (χ1v) is 10.5. The van der Waals surface area contributed by atoms with E-state index in [0.717, 1.165) is 36.9 Å². The van der Waals surface area contributed by atoms with Crippen LogP contribution in [-0.4, -0.2) is 48.7 Å². The minimum absolute atomic E-state index is 0. The minimum atomic E-state index is -0.870. The third-order valence-electron chi connectivity index (χ3n) is 5.48. The van der Waals surface area contributed by atoms with Crippen LogP contribution in [0.2, 0.25) is 0 Å². The zero-order valence-electron chi connectivity index (χ0n) is 17.3. The van der Waals surface area contributed by atoms with Gasteiger partial charge in [0.15, 0.2) is 0 Å². The molecule has 2 atom stereocenters. The third kappa shape index (κ3) is 6.89. The molecular formula is C24H34N4O3. The van der Waals surface area contributed by atoms with Gasteiger partial charge in [-0.25, -0.2) is 5.48 Å². The highest BCUT2D eigenvalue weighted by molar-refractivity contribution is 5.97. The summed E-state index contributed by atoms with van der Waals surface area (Å²) in [6.07, 6.45) is 3.22. The fourth-order valence-corrected chi connectivity index (χ4v) is 3.61. The van der Waals surface area contributed by atoms with Crippen LogP contribution in [0.4, 0.5) is 0 Å². The maximum Gasteiger partial charge on any atom is 0.267 e. The van der Waals surface area contributed by atoms with E-state index in [2.05, 4.69) is 47.1 Å². The Hall–Kier alpha value is -2.74. The van der Waals surface area contributed by atoms with Crippen LogP contribution >= 0.6 is 0 Å². The number of aryl methyl sites for hydroxylation is 1. The van der Waals surface area contributed by atoms with Crippen LogP contribution in [0, 0.1) is 0 Å². The molecule has 0 aromatic heterocycles. The summed E-state index contributed by atoms with van der Waals surface area (Å²) < 4.78 is 0. The Morgan fingerprint density at radius 2 is 1.74 bits per heavy atom. The van der Waals surface area contributed by atoms with E-state index in [1.54, 1.807) is 17.6 Å². The first kappa shape index (κ1) is 24.5. The predicted molar refractivity (Wildman–Crippen MR) is 123 cm³/mol. The Morgan fingerprint density at radius 3 is 2.29 bits per heavy atom. The molecule has 3 rings (SSSR count). The van der Waals surface area contributed by atoms with Crippen molar-refractivity contribution < 1.29 is 14.8 Å². The van der Waals surface area contributed by atoms with Gasteiger partial charge in [0.05, 0.1) is 0 Å². The lowest BCUT2D eigenvalue weighted by atomic mass is 10.0. The highest BCUT2D eigenvalue weighted by Gasteiger charge is 2.22. The number of benzene rings is 2. The van der Waals surface area contributed by atoms with Crippen molar-refractivity contribution >= 4 is 11.8 Å². The number of rotatable bonds is 9. The van der Waals surface area contributed by atoms with Crippen LogP contribution in [0.3, 0.4) is 0 Å². The maximum absolute atomic E-state index is 12.6. The molecule has 2 aromatic rings. The minimum Gasteiger partial charge on any atom is -0.339 e. The highest BCUT2D eigenvalue weighted by Crippen LogP contribution is 2.20. The molecule has 1 heterocycles. The zero-order valence-corrected chi connectivity index (χ0v) is 17.3. The molecule has 0 saturated carbocycles. The molecule has 0 bridgehead atoms. The summed E-state index contributed by atoms with van der Waals surface area (Å²) in [4.78, 5) is 24.6. The van der Waals surface area contributed by atoms with E-state index >= 15 is 0 Å². The van der Waals surface area contributed by atoms with E-state index in [1.165, 1.54) is 5.56 Å². The summed E-state index contributed by atoms with van der Waals surface area (Å²) in [6, 6.07) is 15.1. The van der Waals surface area contributed by atoms with Gasteiger partial charge in [0.25, 0.3) is 11.8 Å². The SMILES string of the molecule is C.CCc1ccc(-c2ccc(C(=O)N[C@@H](CNC[C@@H]3CCCN3)C(=O)NO)cc2)cc1. The summed E-state index contributed by atoms with van der Waals surface area (Å²) in [5, 5.41) is 18.3. The summed E-state index contributed by atoms with van der Waals surface area (Å²) in [5.74, 6) is -1.01. The van der Waals surface area contributed by atoms with E-state index < -0.39 is 11.9 Å². The van der Waals surface area contributed by atoms with Gasteiger partial charge in [-0.2, -0.15) is 0 Å². The van der Waals surface area contributed by atoms with Crippen molar-refractivity contribution in [3.8, 4) is 11.1 Å². The largest absolute Gasteiger partial charge is 0.339 e. The Morgan fingerprint density at radius 1 is 1.10 bits per heavy atom. The molecule has 7 nitrogen and oxygen atoms in total. The van der Waals surface area contributed by atoms with Gasteiger partial charge in [0.1, 0.15) is 6.04 Å². The number of carbonyl (C=O) groups excluding carboxylic acids is 2. The van der Waals surface area contributed by atoms with Crippen LogP contribution in [-0.2, 0) is 11.2 Å². The second-order valence-corrected chi connectivity index (χ2v) is 7.58. The second kappa shape index (κ2) is 12.2. The fraction of sp³-hybridized carbons (Fsp3) is 0.417. The Bertz CT molecular complexity index is 831. The first-order chi connectivity index (χ1) is 14.6. The topological polar surface area (TPSA) is 102 Å². The van der Waals surface area contributed by atoms with Gasteiger partial charge in [-0.15, -0.1) is 0 Å². The van der Waals surface area contributed by atoms with Crippen LogP contribution in [0.15, 0.2) is 48.5 Å².